The van der Waals surface area contributed by atoms with Crippen LogP contribution in [0.5, 0.6) is 5.75 Å². The van der Waals surface area contributed by atoms with E-state index in [0.29, 0.717) is 12.3 Å². The van der Waals surface area contributed by atoms with Gasteiger partial charge in [0.05, 0.1) is 19.6 Å². The minimum absolute atomic E-state index is 0.208. The topological polar surface area (TPSA) is 60.2 Å². The number of amides is 1. The molecule has 150 valence electrons. The molecule has 0 spiro atoms. The van der Waals surface area contributed by atoms with Crippen molar-refractivity contribution >= 4 is 5.91 Å². The highest BCUT2D eigenvalue weighted by Gasteiger charge is 2.34. The summed E-state index contributed by atoms with van der Waals surface area (Å²) in [5, 5.41) is 0. The predicted octanol–water partition coefficient (Wildman–Crippen LogP) is 3.20. The fourth-order valence-corrected chi connectivity index (χ4v) is 3.73. The summed E-state index contributed by atoms with van der Waals surface area (Å²) < 4.78 is 7.41. The van der Waals surface area contributed by atoms with Gasteiger partial charge in [-0.15, -0.1) is 0 Å². The van der Waals surface area contributed by atoms with Gasteiger partial charge in [-0.2, -0.15) is 0 Å². The Kier molecular flexibility index (Phi) is 5.60. The smallest absolute Gasteiger partial charge is 0.222 e. The van der Waals surface area contributed by atoms with Crippen molar-refractivity contribution in [1.82, 2.24) is 19.4 Å². The molecule has 0 saturated carbocycles. The maximum Gasteiger partial charge on any atom is 0.222 e. The van der Waals surface area contributed by atoms with Crippen LogP contribution in [0, 0.1) is 6.92 Å². The van der Waals surface area contributed by atoms with Crippen LogP contribution < -0.4 is 4.74 Å². The molecule has 0 unspecified atom stereocenters. The van der Waals surface area contributed by atoms with Gasteiger partial charge in [0.15, 0.2) is 0 Å². The lowest BCUT2D eigenvalue weighted by Gasteiger charge is -2.39. The third-order valence-electron chi connectivity index (χ3n) is 5.54. The summed E-state index contributed by atoms with van der Waals surface area (Å²) >= 11 is 0. The Morgan fingerprint density at radius 2 is 1.93 bits per heavy atom. The lowest BCUT2D eigenvalue weighted by molar-refractivity contribution is -0.135. The van der Waals surface area contributed by atoms with E-state index in [-0.39, 0.29) is 5.91 Å². The molecule has 4 rings (SSSR count). The number of rotatable bonds is 7. The van der Waals surface area contributed by atoms with Crippen LogP contribution in [-0.2, 0) is 17.8 Å². The van der Waals surface area contributed by atoms with Crippen molar-refractivity contribution in [3.63, 3.8) is 0 Å². The summed E-state index contributed by atoms with van der Waals surface area (Å²) in [4.78, 5) is 23.3. The maximum absolute atomic E-state index is 12.5. The van der Waals surface area contributed by atoms with Gasteiger partial charge in [0.1, 0.15) is 11.6 Å². The molecule has 1 aliphatic heterocycles. The molecule has 2 aromatic heterocycles. The quantitative estimate of drug-likeness (QED) is 0.622. The number of aryl methyl sites for hydroxylation is 2. The zero-order chi connectivity index (χ0) is 20.2. The first-order valence-electron chi connectivity index (χ1n) is 9.95. The first-order chi connectivity index (χ1) is 14.1. The number of benzene rings is 1. The lowest BCUT2D eigenvalue weighted by atomic mass is 9.97. The van der Waals surface area contributed by atoms with Gasteiger partial charge >= 0.3 is 0 Å². The third-order valence-corrected chi connectivity index (χ3v) is 5.54. The molecular formula is C23H26N4O2. The average Bonchev–Trinajstić information content (AvgIpc) is 3.06. The number of carbonyl (C=O) groups is 1. The van der Waals surface area contributed by atoms with Gasteiger partial charge in [-0.3, -0.25) is 9.78 Å². The van der Waals surface area contributed by atoms with Gasteiger partial charge in [-0.25, -0.2) is 4.98 Å². The van der Waals surface area contributed by atoms with Crippen LogP contribution in [0.25, 0.3) is 0 Å². The molecule has 0 atom stereocenters. The molecule has 0 radical (unpaired) electrons. The van der Waals surface area contributed by atoms with E-state index in [1.807, 2.05) is 47.6 Å². The summed E-state index contributed by atoms with van der Waals surface area (Å²) in [6.07, 6.45) is 6.87. The lowest BCUT2D eigenvalue weighted by Crippen LogP contribution is -2.49. The molecule has 6 heteroatoms. The number of carbonyl (C=O) groups excluding carboxylic acids is 1. The second-order valence-electron chi connectivity index (χ2n) is 7.55. The molecule has 6 nitrogen and oxygen atoms in total. The van der Waals surface area contributed by atoms with Gasteiger partial charge in [0.25, 0.3) is 0 Å². The molecule has 29 heavy (non-hydrogen) atoms. The van der Waals surface area contributed by atoms with Gasteiger partial charge in [0.2, 0.25) is 5.91 Å². The molecule has 3 aromatic rings. The molecule has 1 saturated heterocycles. The van der Waals surface area contributed by atoms with Crippen molar-refractivity contribution in [2.24, 2.45) is 0 Å². The zero-order valence-electron chi connectivity index (χ0n) is 16.9. The average molecular weight is 390 g/mol. The molecule has 1 amide bonds. The predicted molar refractivity (Wildman–Crippen MR) is 111 cm³/mol. The van der Waals surface area contributed by atoms with Gasteiger partial charge < -0.3 is 14.2 Å². The van der Waals surface area contributed by atoms with Crippen LogP contribution in [0.1, 0.15) is 35.0 Å². The van der Waals surface area contributed by atoms with Crippen molar-refractivity contribution < 1.29 is 9.53 Å². The maximum atomic E-state index is 12.5. The number of ether oxygens (including phenoxy) is 1. The second kappa shape index (κ2) is 8.47. The highest BCUT2D eigenvalue weighted by molar-refractivity contribution is 5.77. The van der Waals surface area contributed by atoms with Crippen LogP contribution in [0.2, 0.25) is 0 Å². The van der Waals surface area contributed by atoms with Gasteiger partial charge in [0, 0.05) is 43.8 Å². The first kappa shape index (κ1) is 19.2. The highest BCUT2D eigenvalue weighted by Crippen LogP contribution is 2.28. The van der Waals surface area contributed by atoms with Crippen molar-refractivity contribution in [2.45, 2.75) is 32.2 Å². The second-order valence-corrected chi connectivity index (χ2v) is 7.55. The highest BCUT2D eigenvalue weighted by atomic mass is 16.5. The summed E-state index contributed by atoms with van der Waals surface area (Å²) in [7, 11) is 1.66. The molecular weight excluding hydrogens is 364 g/mol. The first-order valence-corrected chi connectivity index (χ1v) is 9.95. The van der Waals surface area contributed by atoms with Crippen LogP contribution in [-0.4, -0.2) is 45.5 Å². The van der Waals surface area contributed by atoms with E-state index >= 15 is 0 Å². The van der Waals surface area contributed by atoms with Crippen LogP contribution in [0.15, 0.2) is 55.0 Å². The standard InChI is InChI=1S/C23H26N4O2/c1-17-12-25-23(27(17)14-19-4-3-11-24-13-19)20-15-26(16-20)22(28)10-7-18-5-8-21(29-2)9-6-18/h3-6,8-9,11-13,20H,7,10,14-16H2,1-2H3. The fourth-order valence-electron chi connectivity index (χ4n) is 3.73. The van der Waals surface area contributed by atoms with Crippen molar-refractivity contribution in [3.8, 4) is 5.75 Å². The number of pyridine rings is 1. The number of imidazole rings is 1. The Morgan fingerprint density at radius 3 is 2.62 bits per heavy atom. The molecule has 3 heterocycles. The van der Waals surface area contributed by atoms with Crippen molar-refractivity contribution in [1.29, 1.82) is 0 Å². The molecule has 0 bridgehead atoms. The number of hydrogen-bond acceptors (Lipinski definition) is 4. The Bertz CT molecular complexity index is 960. The van der Waals surface area contributed by atoms with E-state index in [1.54, 1.807) is 13.3 Å². The Labute approximate surface area is 171 Å². The van der Waals surface area contributed by atoms with Crippen LogP contribution >= 0.6 is 0 Å². The minimum atomic E-state index is 0.208. The van der Waals surface area contributed by atoms with Crippen molar-refractivity contribution in [3.05, 3.63) is 77.6 Å². The normalized spacial score (nSPS) is 13.9. The number of likely N-dealkylation sites (tertiary alicyclic amines) is 1. The Balaban J connectivity index is 1.32. The van der Waals surface area contributed by atoms with Gasteiger partial charge in [-0.05, 0) is 42.7 Å². The van der Waals surface area contributed by atoms with E-state index in [0.717, 1.165) is 54.4 Å². The summed E-state index contributed by atoms with van der Waals surface area (Å²) in [5.74, 6) is 2.40. The van der Waals surface area contributed by atoms with Crippen molar-refractivity contribution in [2.75, 3.05) is 20.2 Å². The minimum Gasteiger partial charge on any atom is -0.497 e. The Hall–Kier alpha value is -3.15. The fraction of sp³-hybridized carbons (Fsp3) is 0.348. The number of aromatic nitrogens is 3. The molecule has 1 fully saturated rings. The largest absolute Gasteiger partial charge is 0.497 e. The van der Waals surface area contributed by atoms with Crippen LogP contribution in [0.4, 0.5) is 0 Å². The number of hydrogen-bond donors (Lipinski definition) is 0. The summed E-state index contributed by atoms with van der Waals surface area (Å²) in [5.41, 5.74) is 3.44. The van der Waals surface area contributed by atoms with E-state index in [9.17, 15) is 4.79 Å². The molecule has 0 aliphatic carbocycles. The SMILES string of the molecule is COc1ccc(CCC(=O)N2CC(c3ncc(C)n3Cc3cccnc3)C2)cc1. The van der Waals surface area contributed by atoms with E-state index in [4.69, 9.17) is 4.74 Å². The van der Waals surface area contributed by atoms with E-state index in [2.05, 4.69) is 27.5 Å². The molecule has 1 aromatic carbocycles. The zero-order valence-corrected chi connectivity index (χ0v) is 16.9. The number of nitrogens with zero attached hydrogens (tertiary/aromatic N) is 4. The number of methoxy groups -OCH3 is 1. The summed E-state index contributed by atoms with van der Waals surface area (Å²) in [6, 6.07) is 11.9. The summed E-state index contributed by atoms with van der Waals surface area (Å²) in [6.45, 7) is 4.32. The molecule has 1 aliphatic rings. The molecule has 0 N–H and O–H groups in total. The van der Waals surface area contributed by atoms with E-state index < -0.39 is 0 Å². The Morgan fingerprint density at radius 1 is 1.14 bits per heavy atom. The van der Waals surface area contributed by atoms with Crippen LogP contribution in [0.3, 0.4) is 0 Å². The third kappa shape index (κ3) is 4.31. The van der Waals surface area contributed by atoms with Gasteiger partial charge in [-0.1, -0.05) is 18.2 Å². The van der Waals surface area contributed by atoms with E-state index in [1.165, 1.54) is 0 Å². The monoisotopic (exact) mass is 390 g/mol.